The van der Waals surface area contributed by atoms with E-state index in [0.717, 1.165) is 32.1 Å². The van der Waals surface area contributed by atoms with Gasteiger partial charge < -0.3 is 16.2 Å². The van der Waals surface area contributed by atoms with Crippen molar-refractivity contribution >= 4 is 21.4 Å². The zero-order valence-electron chi connectivity index (χ0n) is 11.2. The monoisotopic (exact) mass is 299 g/mol. The lowest BCUT2D eigenvalue weighted by Gasteiger charge is -2.24. The van der Waals surface area contributed by atoms with Crippen molar-refractivity contribution in [2.24, 2.45) is 5.14 Å². The van der Waals surface area contributed by atoms with Crippen LogP contribution >= 0.6 is 0 Å². The first-order chi connectivity index (χ1) is 9.38. The van der Waals surface area contributed by atoms with E-state index in [1.807, 2.05) is 0 Å². The number of nitrogens with one attached hydrogen (secondary N) is 1. The number of rotatable bonds is 3. The molecule has 6 nitrogen and oxygen atoms in total. The van der Waals surface area contributed by atoms with Crippen molar-refractivity contribution in [3.63, 3.8) is 0 Å². The van der Waals surface area contributed by atoms with E-state index in [0.29, 0.717) is 11.4 Å². The van der Waals surface area contributed by atoms with Crippen LogP contribution in [0.4, 0.5) is 11.4 Å². The fraction of sp³-hybridized carbons (Fsp3) is 0.538. The number of benzene rings is 1. The number of primary sulfonamides is 1. The molecule has 1 fully saturated rings. The molecule has 0 saturated heterocycles. The predicted molar refractivity (Wildman–Crippen MR) is 78.7 cm³/mol. The smallest absolute Gasteiger partial charge is 0.238 e. The molecule has 1 aliphatic carbocycles. The molecule has 2 unspecified atom stereocenters. The quantitative estimate of drug-likeness (QED) is 0.491. The summed E-state index contributed by atoms with van der Waals surface area (Å²) < 4.78 is 22.7. The number of sulfonamides is 1. The molecule has 6 N–H and O–H groups in total. The number of hydrogen-bond acceptors (Lipinski definition) is 5. The van der Waals surface area contributed by atoms with Crippen molar-refractivity contribution in [1.29, 1.82) is 0 Å². The van der Waals surface area contributed by atoms with Gasteiger partial charge in [-0.15, -0.1) is 0 Å². The topological polar surface area (TPSA) is 118 Å². The molecule has 0 aromatic heterocycles. The van der Waals surface area contributed by atoms with Crippen LogP contribution in [0.2, 0.25) is 0 Å². The first-order valence-corrected chi connectivity index (χ1v) is 8.29. The predicted octanol–water partition coefficient (Wildman–Crippen LogP) is 1.02. The van der Waals surface area contributed by atoms with Crippen molar-refractivity contribution in [2.45, 2.75) is 49.1 Å². The van der Waals surface area contributed by atoms with Crippen molar-refractivity contribution in [2.75, 3.05) is 11.1 Å². The van der Waals surface area contributed by atoms with E-state index in [2.05, 4.69) is 5.32 Å². The maximum Gasteiger partial charge on any atom is 0.238 e. The van der Waals surface area contributed by atoms with Crippen LogP contribution in [-0.4, -0.2) is 25.7 Å². The van der Waals surface area contributed by atoms with Crippen LogP contribution in [0.3, 0.4) is 0 Å². The Balaban J connectivity index is 2.23. The molecule has 1 saturated carbocycles. The van der Waals surface area contributed by atoms with Crippen LogP contribution in [0.15, 0.2) is 23.1 Å². The first-order valence-electron chi connectivity index (χ1n) is 6.75. The summed E-state index contributed by atoms with van der Waals surface area (Å²) in [5.41, 5.74) is 6.80. The highest BCUT2D eigenvalue weighted by molar-refractivity contribution is 7.89. The minimum Gasteiger partial charge on any atom is -0.397 e. The van der Waals surface area contributed by atoms with E-state index in [-0.39, 0.29) is 10.9 Å². The summed E-state index contributed by atoms with van der Waals surface area (Å²) in [6, 6.07) is 4.18. The maximum atomic E-state index is 11.4. The molecule has 1 aromatic rings. The summed E-state index contributed by atoms with van der Waals surface area (Å²) in [6.07, 6.45) is 4.26. The second-order valence-electron chi connectivity index (χ2n) is 5.25. The van der Waals surface area contributed by atoms with Crippen LogP contribution in [0.5, 0.6) is 0 Å². The van der Waals surface area contributed by atoms with Crippen molar-refractivity contribution < 1.29 is 13.5 Å². The molecule has 0 spiro atoms. The number of aliphatic hydroxyl groups excluding tert-OH is 1. The third-order valence-electron chi connectivity index (χ3n) is 3.67. The van der Waals surface area contributed by atoms with Gasteiger partial charge in [0.2, 0.25) is 10.0 Å². The Hall–Kier alpha value is -1.31. The van der Waals surface area contributed by atoms with E-state index in [9.17, 15) is 13.5 Å². The van der Waals surface area contributed by atoms with Gasteiger partial charge in [0.15, 0.2) is 0 Å². The second-order valence-corrected chi connectivity index (χ2v) is 6.81. The highest BCUT2D eigenvalue weighted by atomic mass is 32.2. The van der Waals surface area contributed by atoms with E-state index >= 15 is 0 Å². The summed E-state index contributed by atoms with van der Waals surface area (Å²) in [6.45, 7) is 0. The Morgan fingerprint density at radius 2 is 1.90 bits per heavy atom. The first kappa shape index (κ1) is 15.1. The third kappa shape index (κ3) is 3.62. The number of nitrogens with two attached hydrogens (primary N) is 2. The summed E-state index contributed by atoms with van der Waals surface area (Å²) in [7, 11) is -3.76. The lowest BCUT2D eigenvalue weighted by Crippen LogP contribution is -2.32. The van der Waals surface area contributed by atoms with Gasteiger partial charge in [-0.25, -0.2) is 13.6 Å². The van der Waals surface area contributed by atoms with Gasteiger partial charge in [-0.1, -0.05) is 19.3 Å². The van der Waals surface area contributed by atoms with Crippen LogP contribution in [-0.2, 0) is 10.0 Å². The summed E-state index contributed by atoms with van der Waals surface area (Å²) in [5.74, 6) is 0. The van der Waals surface area contributed by atoms with Crippen molar-refractivity contribution in [3.05, 3.63) is 18.2 Å². The molecule has 20 heavy (non-hydrogen) atoms. The Kier molecular flexibility index (Phi) is 4.52. The van der Waals surface area contributed by atoms with Crippen LogP contribution < -0.4 is 16.2 Å². The Bertz CT molecular complexity index is 574. The highest BCUT2D eigenvalue weighted by Crippen LogP contribution is 2.27. The Morgan fingerprint density at radius 3 is 2.60 bits per heavy atom. The lowest BCUT2D eigenvalue weighted by atomic mass is 10.1. The van der Waals surface area contributed by atoms with Gasteiger partial charge in [0.1, 0.15) is 0 Å². The van der Waals surface area contributed by atoms with Crippen molar-refractivity contribution in [3.8, 4) is 0 Å². The Labute approximate surface area is 119 Å². The zero-order valence-corrected chi connectivity index (χ0v) is 12.1. The normalized spacial score (nSPS) is 24.1. The molecule has 1 aliphatic rings. The van der Waals surface area contributed by atoms with Gasteiger partial charge in [-0.3, -0.25) is 0 Å². The molecule has 112 valence electrons. The second kappa shape index (κ2) is 5.99. The lowest BCUT2D eigenvalue weighted by molar-refractivity contribution is 0.144. The molecular weight excluding hydrogens is 278 g/mol. The average Bonchev–Trinajstić information content (AvgIpc) is 2.56. The number of aliphatic hydroxyl groups is 1. The van der Waals surface area contributed by atoms with Gasteiger partial charge in [-0.05, 0) is 31.0 Å². The zero-order chi connectivity index (χ0) is 14.8. The fourth-order valence-corrected chi connectivity index (χ4v) is 3.03. The third-order valence-corrected chi connectivity index (χ3v) is 4.58. The highest BCUT2D eigenvalue weighted by Gasteiger charge is 2.22. The van der Waals surface area contributed by atoms with Crippen LogP contribution in [0.25, 0.3) is 0 Å². The molecule has 0 heterocycles. The van der Waals surface area contributed by atoms with Gasteiger partial charge in [-0.2, -0.15) is 0 Å². The molecule has 0 bridgehead atoms. The standard InChI is InChI=1S/C13H21N3O3S/c14-10-7-6-9(20(15,18)19)8-12(10)16-11-4-2-1-3-5-13(11)17/h6-8,11,13,16-17H,1-5,14H2,(H2,15,18,19). The molecule has 1 aromatic carbocycles. The Morgan fingerprint density at radius 1 is 1.20 bits per heavy atom. The summed E-state index contributed by atoms with van der Waals surface area (Å²) >= 11 is 0. The number of anilines is 2. The minimum absolute atomic E-state index is 0.0114. The SMILES string of the molecule is Nc1ccc(S(N)(=O)=O)cc1NC1CCCCCC1O. The van der Waals surface area contributed by atoms with E-state index in [4.69, 9.17) is 10.9 Å². The molecular formula is C13H21N3O3S. The molecule has 0 aliphatic heterocycles. The van der Waals surface area contributed by atoms with Gasteiger partial charge in [0.25, 0.3) is 0 Å². The van der Waals surface area contributed by atoms with Crippen LogP contribution in [0.1, 0.15) is 32.1 Å². The number of nitrogen functional groups attached to an aromatic ring is 1. The van der Waals surface area contributed by atoms with E-state index < -0.39 is 16.1 Å². The average molecular weight is 299 g/mol. The largest absolute Gasteiger partial charge is 0.397 e. The van der Waals surface area contributed by atoms with Gasteiger partial charge >= 0.3 is 0 Å². The van der Waals surface area contributed by atoms with Gasteiger partial charge in [0.05, 0.1) is 28.4 Å². The van der Waals surface area contributed by atoms with Gasteiger partial charge in [0, 0.05) is 0 Å². The van der Waals surface area contributed by atoms with Crippen molar-refractivity contribution in [1.82, 2.24) is 0 Å². The summed E-state index contributed by atoms with van der Waals surface area (Å²) in [4.78, 5) is 0.0114. The summed E-state index contributed by atoms with van der Waals surface area (Å²) in [5, 5.41) is 18.4. The minimum atomic E-state index is -3.76. The molecule has 2 atom stereocenters. The maximum absolute atomic E-state index is 11.4. The molecule has 0 radical (unpaired) electrons. The molecule has 7 heteroatoms. The molecule has 0 amide bonds. The molecule has 2 rings (SSSR count). The number of hydrogen-bond donors (Lipinski definition) is 4. The van der Waals surface area contributed by atoms with Crippen LogP contribution in [0, 0.1) is 0 Å². The van der Waals surface area contributed by atoms with E-state index in [1.54, 1.807) is 0 Å². The fourth-order valence-electron chi connectivity index (χ4n) is 2.49. The van der Waals surface area contributed by atoms with E-state index in [1.165, 1.54) is 18.2 Å².